The van der Waals surface area contributed by atoms with E-state index in [1.807, 2.05) is 42.5 Å². The number of Topliss-reactive ketones (excluding diaryl/α,β-unsaturated/α-hetero) is 2. The number of anilines is 1. The SMILES string of the molecule is COc1c(O)ccc2c1-c1ccc3ccc(O)cc3c1C1CCC(CC(O)CSS1)C(OC(NC1CCCC1)c1ccc(NCC(C)=O)c(CO)c1)CC(=O)CC2. The first kappa shape index (κ1) is 41.4. The molecule has 6 N–H and O–H groups in total. The Kier molecular flexibility index (Phi) is 13.7. The Morgan fingerprint density at radius 1 is 0.982 bits per heavy atom. The molecule has 4 aromatic carbocycles. The lowest BCUT2D eigenvalue weighted by Gasteiger charge is -2.34. The Morgan fingerprint density at radius 2 is 1.79 bits per heavy atom. The molecular weight excluding hydrogens is 761 g/mol. The van der Waals surface area contributed by atoms with Gasteiger partial charge in [0.2, 0.25) is 0 Å². The summed E-state index contributed by atoms with van der Waals surface area (Å²) in [6.45, 7) is 1.44. The summed E-state index contributed by atoms with van der Waals surface area (Å²) < 4.78 is 13.1. The molecule has 5 unspecified atom stereocenters. The number of hydrogen-bond acceptors (Lipinski definition) is 12. The van der Waals surface area contributed by atoms with Gasteiger partial charge in [-0.05, 0) is 115 Å². The van der Waals surface area contributed by atoms with Crippen molar-refractivity contribution in [1.29, 1.82) is 0 Å². The molecule has 0 radical (unpaired) electrons. The predicted octanol–water partition coefficient (Wildman–Crippen LogP) is 8.52. The molecule has 4 aromatic rings. The molecule has 1 saturated heterocycles. The van der Waals surface area contributed by atoms with Gasteiger partial charge in [0.25, 0.3) is 0 Å². The Balaban J connectivity index is 1.32. The van der Waals surface area contributed by atoms with Gasteiger partial charge < -0.3 is 35.2 Å². The minimum Gasteiger partial charge on any atom is -0.508 e. The van der Waals surface area contributed by atoms with Crippen molar-refractivity contribution in [3.8, 4) is 28.4 Å². The lowest BCUT2D eigenvalue weighted by molar-refractivity contribution is -0.128. The number of phenols is 2. The Labute approximate surface area is 342 Å². The van der Waals surface area contributed by atoms with Crippen LogP contribution in [0, 0.1) is 5.92 Å². The summed E-state index contributed by atoms with van der Waals surface area (Å²) >= 11 is 0. The Hall–Kier alpha value is -3.78. The molecule has 2 aliphatic carbocycles. The standard InChI is InChI=1S/C45H54N2O8S2/c1-26(49)23-46-38-16-10-30(19-31(38)24-48)45(47-32-5-3-4-6-32)55-40-22-34(51)14-8-28-11-17-39(53)44(54-2)42(28)36-15-9-27-7-13-33(50)21-37(27)43(36)41-18-12-29(40)20-35(52)25-56-57-41/h7,9-11,13,15-17,19,21,29,32,35,40-41,45-48,50,52-53H,3-6,8,12,14,18,20,22-25H2,1-2H3. The zero-order valence-corrected chi connectivity index (χ0v) is 34.3. The van der Waals surface area contributed by atoms with Crippen LogP contribution in [-0.2, 0) is 27.4 Å². The third-order valence-corrected chi connectivity index (χ3v) is 14.6. The summed E-state index contributed by atoms with van der Waals surface area (Å²) in [4.78, 5) is 26.0. The van der Waals surface area contributed by atoms with Gasteiger partial charge in [-0.25, -0.2) is 0 Å². The van der Waals surface area contributed by atoms with Crippen molar-refractivity contribution in [2.24, 2.45) is 5.92 Å². The van der Waals surface area contributed by atoms with Gasteiger partial charge in [-0.2, -0.15) is 0 Å². The molecule has 0 amide bonds. The van der Waals surface area contributed by atoms with E-state index in [0.29, 0.717) is 48.4 Å². The lowest BCUT2D eigenvalue weighted by atomic mass is 9.85. The fraction of sp³-hybridized carbons (Fsp3) is 0.467. The molecule has 0 spiro atoms. The molecule has 1 aliphatic heterocycles. The number of methoxy groups -OCH3 is 1. The van der Waals surface area contributed by atoms with E-state index in [-0.39, 0.29) is 66.3 Å². The fourth-order valence-corrected chi connectivity index (χ4v) is 11.7. The zero-order valence-electron chi connectivity index (χ0n) is 32.7. The first-order chi connectivity index (χ1) is 27.6. The van der Waals surface area contributed by atoms with Gasteiger partial charge in [0.1, 0.15) is 23.5 Å². The van der Waals surface area contributed by atoms with Crippen LogP contribution in [0.4, 0.5) is 5.69 Å². The average molecular weight is 815 g/mol. The molecule has 3 aliphatic rings. The number of ether oxygens (including phenoxy) is 2. The van der Waals surface area contributed by atoms with Gasteiger partial charge in [-0.15, -0.1) is 0 Å². The van der Waals surface area contributed by atoms with Crippen molar-refractivity contribution in [2.45, 2.75) is 107 Å². The molecule has 10 nitrogen and oxygen atoms in total. The van der Waals surface area contributed by atoms with E-state index in [4.69, 9.17) is 9.47 Å². The molecule has 1 heterocycles. The predicted molar refractivity (Wildman–Crippen MR) is 228 cm³/mol. The summed E-state index contributed by atoms with van der Waals surface area (Å²) in [5.74, 6) is 0.856. The van der Waals surface area contributed by atoms with Crippen LogP contribution < -0.4 is 15.4 Å². The molecule has 2 fully saturated rings. The summed E-state index contributed by atoms with van der Waals surface area (Å²) in [7, 11) is 4.88. The summed E-state index contributed by atoms with van der Waals surface area (Å²) in [5, 5.41) is 52.5. The van der Waals surface area contributed by atoms with Crippen LogP contribution in [0.3, 0.4) is 0 Å². The number of fused-ring (bicyclic) bond motifs is 9. The summed E-state index contributed by atoms with van der Waals surface area (Å²) in [5.41, 5.74) is 5.66. The first-order valence-corrected chi connectivity index (χ1v) is 22.5. The molecule has 1 saturated carbocycles. The van der Waals surface area contributed by atoms with E-state index in [0.717, 1.165) is 64.3 Å². The Morgan fingerprint density at radius 3 is 2.56 bits per heavy atom. The van der Waals surface area contributed by atoms with Crippen molar-refractivity contribution < 1.29 is 39.5 Å². The van der Waals surface area contributed by atoms with Crippen molar-refractivity contribution in [2.75, 3.05) is 24.7 Å². The number of aliphatic hydroxyl groups excluding tert-OH is 2. The highest BCUT2D eigenvalue weighted by Crippen LogP contribution is 2.53. The van der Waals surface area contributed by atoms with Gasteiger partial charge in [0.05, 0.1) is 32.5 Å². The Bertz CT molecular complexity index is 2070. The third-order valence-electron chi connectivity index (χ3n) is 11.7. The van der Waals surface area contributed by atoms with Crippen LogP contribution in [0.1, 0.15) is 98.4 Å². The number of benzene rings is 4. The lowest BCUT2D eigenvalue weighted by Crippen LogP contribution is -2.39. The second-order valence-corrected chi connectivity index (χ2v) is 18.4. The topological polar surface area (TPSA) is 158 Å². The minimum atomic E-state index is -0.622. The number of aliphatic hydroxyl groups is 2. The van der Waals surface area contributed by atoms with E-state index in [1.165, 1.54) is 6.92 Å². The van der Waals surface area contributed by atoms with Gasteiger partial charge in [0.15, 0.2) is 11.5 Å². The second kappa shape index (κ2) is 18.9. The zero-order chi connectivity index (χ0) is 40.1. The average Bonchev–Trinajstić information content (AvgIpc) is 3.74. The second-order valence-electron chi connectivity index (χ2n) is 15.8. The number of aryl methyl sites for hydroxylation is 1. The number of aromatic hydroxyl groups is 2. The van der Waals surface area contributed by atoms with E-state index in [1.54, 1.807) is 40.8 Å². The highest BCUT2D eigenvalue weighted by molar-refractivity contribution is 8.76. The van der Waals surface area contributed by atoms with Crippen molar-refractivity contribution >= 4 is 49.6 Å². The van der Waals surface area contributed by atoms with Gasteiger partial charge >= 0.3 is 0 Å². The van der Waals surface area contributed by atoms with Gasteiger partial charge in [-0.3, -0.25) is 14.9 Å². The number of rotatable bonds is 10. The van der Waals surface area contributed by atoms with E-state index >= 15 is 0 Å². The van der Waals surface area contributed by atoms with Crippen LogP contribution in [0.5, 0.6) is 17.2 Å². The largest absolute Gasteiger partial charge is 0.508 e. The maximum absolute atomic E-state index is 14.2. The van der Waals surface area contributed by atoms with Crippen LogP contribution in [-0.4, -0.2) is 69.6 Å². The van der Waals surface area contributed by atoms with E-state index in [2.05, 4.69) is 16.7 Å². The smallest absolute Gasteiger partial charge is 0.168 e. The number of phenolic OH excluding ortho intramolecular Hbond substituents is 2. The number of carbonyl (C=O) groups excluding carboxylic acids is 2. The molecule has 304 valence electrons. The summed E-state index contributed by atoms with van der Waals surface area (Å²) in [6, 6.07) is 19.0. The van der Waals surface area contributed by atoms with Gasteiger partial charge in [-0.1, -0.05) is 64.8 Å². The maximum Gasteiger partial charge on any atom is 0.168 e. The van der Waals surface area contributed by atoms with Crippen molar-refractivity contribution in [3.63, 3.8) is 0 Å². The highest BCUT2D eigenvalue weighted by Gasteiger charge is 2.35. The number of nitrogens with one attached hydrogen (secondary N) is 2. The van der Waals surface area contributed by atoms with E-state index < -0.39 is 18.4 Å². The number of ketones is 2. The van der Waals surface area contributed by atoms with Gasteiger partial charge in [0, 0.05) is 46.7 Å². The maximum atomic E-state index is 14.2. The third kappa shape index (κ3) is 9.75. The quantitative estimate of drug-likeness (QED) is 0.0671. The van der Waals surface area contributed by atoms with Crippen molar-refractivity contribution in [1.82, 2.24) is 5.32 Å². The highest BCUT2D eigenvalue weighted by atomic mass is 33.1. The van der Waals surface area contributed by atoms with Crippen LogP contribution >= 0.6 is 21.6 Å². The molecule has 7 rings (SSSR count). The number of hydrogen-bond donors (Lipinski definition) is 6. The molecular formula is C45H54N2O8S2. The molecule has 5 atom stereocenters. The van der Waals surface area contributed by atoms with Crippen molar-refractivity contribution in [3.05, 3.63) is 82.9 Å². The first-order valence-electron chi connectivity index (χ1n) is 20.1. The molecule has 12 heteroatoms. The monoisotopic (exact) mass is 814 g/mol. The van der Waals surface area contributed by atoms with Crippen LogP contribution in [0.15, 0.2) is 60.7 Å². The molecule has 0 aromatic heterocycles. The molecule has 57 heavy (non-hydrogen) atoms. The van der Waals surface area contributed by atoms with E-state index in [9.17, 15) is 30.0 Å². The fourth-order valence-electron chi connectivity index (χ4n) is 8.82. The molecule has 2 bridgehead atoms. The normalized spacial score (nSPS) is 22.6. The van der Waals surface area contributed by atoms with Crippen LogP contribution in [0.2, 0.25) is 0 Å². The minimum absolute atomic E-state index is 0.00909. The summed E-state index contributed by atoms with van der Waals surface area (Å²) in [6.07, 6.45) is 5.15. The number of carbonyl (C=O) groups is 2. The van der Waals surface area contributed by atoms with Crippen LogP contribution in [0.25, 0.3) is 21.9 Å².